The fourth-order valence-corrected chi connectivity index (χ4v) is 2.86. The van der Waals surface area contributed by atoms with E-state index in [4.69, 9.17) is 5.73 Å². The highest BCUT2D eigenvalue weighted by molar-refractivity contribution is 7.09. The lowest BCUT2D eigenvalue weighted by Gasteiger charge is -2.55. The van der Waals surface area contributed by atoms with Crippen LogP contribution in [0.1, 0.15) is 25.1 Å². The molecule has 2 atom stereocenters. The predicted molar refractivity (Wildman–Crippen MR) is 58.2 cm³/mol. The molecule has 3 heteroatoms. The van der Waals surface area contributed by atoms with Crippen LogP contribution in [0.4, 0.5) is 4.39 Å². The van der Waals surface area contributed by atoms with E-state index in [2.05, 4.69) is 0 Å². The molecule has 1 nitrogen and oxygen atoms in total. The molecule has 0 amide bonds. The van der Waals surface area contributed by atoms with Crippen molar-refractivity contribution in [1.82, 2.24) is 0 Å². The summed E-state index contributed by atoms with van der Waals surface area (Å²) >= 11 is 1.62. The van der Waals surface area contributed by atoms with Crippen LogP contribution in [-0.2, 0) is 6.42 Å². The molecule has 14 heavy (non-hydrogen) atoms. The number of hydrogen-bond acceptors (Lipinski definition) is 2. The van der Waals surface area contributed by atoms with Crippen molar-refractivity contribution in [2.75, 3.05) is 0 Å². The Morgan fingerprint density at radius 3 is 2.79 bits per heavy atom. The van der Waals surface area contributed by atoms with Crippen LogP contribution in [0.3, 0.4) is 0 Å². The maximum absolute atomic E-state index is 14.4. The molecule has 2 N–H and O–H groups in total. The summed E-state index contributed by atoms with van der Waals surface area (Å²) in [5.41, 5.74) is 4.35. The molecular weight excluding hydrogens is 197 g/mol. The third-order valence-electron chi connectivity index (χ3n) is 3.66. The molecule has 1 aromatic heterocycles. The minimum Gasteiger partial charge on any atom is -0.327 e. The fourth-order valence-electron chi connectivity index (χ4n) is 2.06. The number of halogens is 1. The Labute approximate surface area is 88.1 Å². The highest BCUT2D eigenvalue weighted by atomic mass is 32.1. The summed E-state index contributed by atoms with van der Waals surface area (Å²) < 4.78 is 14.4. The first kappa shape index (κ1) is 10.1. The van der Waals surface area contributed by atoms with Gasteiger partial charge in [0.2, 0.25) is 0 Å². The molecule has 0 aliphatic heterocycles. The van der Waals surface area contributed by atoms with Gasteiger partial charge in [-0.2, -0.15) is 0 Å². The minimum absolute atomic E-state index is 0.00691. The molecule has 1 aliphatic carbocycles. The van der Waals surface area contributed by atoms with E-state index in [1.807, 2.05) is 31.4 Å². The molecule has 1 saturated carbocycles. The van der Waals surface area contributed by atoms with Gasteiger partial charge in [0.1, 0.15) is 5.67 Å². The lowest BCUT2D eigenvalue weighted by Crippen LogP contribution is -2.65. The van der Waals surface area contributed by atoms with Crippen LogP contribution in [0.5, 0.6) is 0 Å². The van der Waals surface area contributed by atoms with Crippen LogP contribution in [0, 0.1) is 5.41 Å². The summed E-state index contributed by atoms with van der Waals surface area (Å²) in [5.74, 6) is 0. The van der Waals surface area contributed by atoms with E-state index in [1.165, 1.54) is 0 Å². The second-order valence-corrected chi connectivity index (χ2v) is 5.79. The van der Waals surface area contributed by atoms with Crippen molar-refractivity contribution < 1.29 is 4.39 Å². The second-order valence-electron chi connectivity index (χ2n) is 4.75. The van der Waals surface area contributed by atoms with Gasteiger partial charge in [-0.15, -0.1) is 11.3 Å². The number of rotatable bonds is 2. The summed E-state index contributed by atoms with van der Waals surface area (Å²) in [4.78, 5) is 1.12. The van der Waals surface area contributed by atoms with E-state index in [1.54, 1.807) is 11.3 Å². The third-order valence-corrected chi connectivity index (χ3v) is 4.54. The summed E-state index contributed by atoms with van der Waals surface area (Å²) in [6.07, 6.45) is 1.02. The van der Waals surface area contributed by atoms with Crippen LogP contribution < -0.4 is 5.73 Å². The van der Waals surface area contributed by atoms with Gasteiger partial charge in [0, 0.05) is 22.8 Å². The van der Waals surface area contributed by atoms with E-state index in [-0.39, 0.29) is 11.5 Å². The summed E-state index contributed by atoms with van der Waals surface area (Å²) in [6.45, 7) is 3.85. The minimum atomic E-state index is -1.10. The normalized spacial score (nSPS) is 35.3. The summed E-state index contributed by atoms with van der Waals surface area (Å²) in [6, 6.07) is 3.97. The van der Waals surface area contributed by atoms with Gasteiger partial charge in [0.15, 0.2) is 0 Å². The first-order chi connectivity index (χ1) is 6.46. The molecule has 0 bridgehead atoms. The number of nitrogens with two attached hydrogens (primary N) is 1. The number of alkyl halides is 1. The topological polar surface area (TPSA) is 26.0 Å². The maximum Gasteiger partial charge on any atom is 0.123 e. The summed E-state index contributed by atoms with van der Waals surface area (Å²) in [5, 5.41) is 1.99. The van der Waals surface area contributed by atoms with Crippen molar-refractivity contribution in [1.29, 1.82) is 0 Å². The zero-order chi connectivity index (χ0) is 10.4. The monoisotopic (exact) mass is 213 g/mol. The molecular formula is C11H16FNS. The Hall–Kier alpha value is -0.410. The SMILES string of the molecule is CC1(C)C(N)CC1(F)Cc1cccs1. The number of thiophene rings is 1. The molecule has 2 rings (SSSR count). The van der Waals surface area contributed by atoms with Gasteiger partial charge in [-0.25, -0.2) is 4.39 Å². The molecule has 2 unspecified atom stereocenters. The van der Waals surface area contributed by atoms with Crippen LogP contribution in [0.25, 0.3) is 0 Å². The van der Waals surface area contributed by atoms with Gasteiger partial charge < -0.3 is 5.73 Å². The fraction of sp³-hybridized carbons (Fsp3) is 0.636. The predicted octanol–water partition coefficient (Wildman–Crippen LogP) is 2.76. The molecule has 0 spiro atoms. The Kier molecular flexibility index (Phi) is 2.20. The Morgan fingerprint density at radius 1 is 1.64 bits per heavy atom. The third kappa shape index (κ3) is 1.30. The molecule has 78 valence electrons. The Balaban J connectivity index is 2.12. The lowest BCUT2D eigenvalue weighted by atomic mass is 9.55. The van der Waals surface area contributed by atoms with Gasteiger partial charge in [0.25, 0.3) is 0 Å². The molecule has 0 radical (unpaired) electrons. The summed E-state index contributed by atoms with van der Waals surface area (Å²) in [7, 11) is 0. The van der Waals surface area contributed by atoms with Crippen molar-refractivity contribution in [3.8, 4) is 0 Å². The van der Waals surface area contributed by atoms with Crippen LogP contribution in [0.2, 0.25) is 0 Å². The molecule has 1 aromatic rings. The maximum atomic E-state index is 14.4. The van der Waals surface area contributed by atoms with Crippen LogP contribution >= 0.6 is 11.3 Å². The van der Waals surface area contributed by atoms with Crippen LogP contribution in [-0.4, -0.2) is 11.7 Å². The molecule has 1 fully saturated rings. The lowest BCUT2D eigenvalue weighted by molar-refractivity contribution is -0.1000. The van der Waals surface area contributed by atoms with Gasteiger partial charge in [-0.3, -0.25) is 0 Å². The van der Waals surface area contributed by atoms with Gasteiger partial charge in [0.05, 0.1) is 0 Å². The molecule has 1 heterocycles. The van der Waals surface area contributed by atoms with Gasteiger partial charge in [-0.1, -0.05) is 19.9 Å². The Morgan fingerprint density at radius 2 is 2.36 bits per heavy atom. The van der Waals surface area contributed by atoms with Crippen molar-refractivity contribution >= 4 is 11.3 Å². The smallest absolute Gasteiger partial charge is 0.123 e. The van der Waals surface area contributed by atoms with Gasteiger partial charge >= 0.3 is 0 Å². The highest BCUT2D eigenvalue weighted by Crippen LogP contribution is 2.53. The molecule has 0 aromatic carbocycles. The van der Waals surface area contributed by atoms with E-state index >= 15 is 0 Å². The van der Waals surface area contributed by atoms with Crippen molar-refractivity contribution in [2.24, 2.45) is 11.1 Å². The van der Waals surface area contributed by atoms with E-state index < -0.39 is 5.67 Å². The van der Waals surface area contributed by atoms with Crippen molar-refractivity contribution in [3.05, 3.63) is 22.4 Å². The van der Waals surface area contributed by atoms with Crippen molar-refractivity contribution in [3.63, 3.8) is 0 Å². The highest BCUT2D eigenvalue weighted by Gasteiger charge is 2.59. The number of hydrogen-bond donors (Lipinski definition) is 1. The first-order valence-corrected chi connectivity index (χ1v) is 5.80. The quantitative estimate of drug-likeness (QED) is 0.803. The van der Waals surface area contributed by atoms with E-state index in [0.29, 0.717) is 12.8 Å². The molecule has 1 aliphatic rings. The van der Waals surface area contributed by atoms with Gasteiger partial charge in [-0.05, 0) is 17.9 Å². The average Bonchev–Trinajstić information content (AvgIpc) is 2.56. The second kappa shape index (κ2) is 3.04. The van der Waals surface area contributed by atoms with Crippen LogP contribution in [0.15, 0.2) is 17.5 Å². The standard InChI is InChI=1S/C11H16FNS/c1-10(2)9(13)7-11(10,12)6-8-4-3-5-14-8/h3-5,9H,6-7,13H2,1-2H3. The largest absolute Gasteiger partial charge is 0.327 e. The van der Waals surface area contributed by atoms with E-state index in [9.17, 15) is 4.39 Å². The zero-order valence-electron chi connectivity index (χ0n) is 8.59. The molecule has 0 saturated heterocycles. The first-order valence-electron chi connectivity index (χ1n) is 4.93. The average molecular weight is 213 g/mol. The zero-order valence-corrected chi connectivity index (χ0v) is 9.40. The van der Waals surface area contributed by atoms with E-state index in [0.717, 1.165) is 4.88 Å². The van der Waals surface area contributed by atoms with Crippen molar-refractivity contribution in [2.45, 2.75) is 38.4 Å². The Bertz CT molecular complexity index is 320.